The predicted molar refractivity (Wildman–Crippen MR) is 64.1 cm³/mol. The molecule has 0 bridgehead atoms. The van der Waals surface area contributed by atoms with Crippen molar-refractivity contribution in [3.63, 3.8) is 0 Å². The van der Waals surface area contributed by atoms with Gasteiger partial charge in [-0.25, -0.2) is 0 Å². The van der Waals surface area contributed by atoms with E-state index in [0.29, 0.717) is 6.54 Å². The van der Waals surface area contributed by atoms with Gasteiger partial charge in [-0.15, -0.1) is 0 Å². The summed E-state index contributed by atoms with van der Waals surface area (Å²) in [6.45, 7) is 7.36. The molecule has 4 heteroatoms. The fourth-order valence-electron chi connectivity index (χ4n) is 1.83. The smallest absolute Gasteiger partial charge is 0.234 e. The Balaban J connectivity index is 2.14. The lowest BCUT2D eigenvalue weighted by Gasteiger charge is -2.21. The summed E-state index contributed by atoms with van der Waals surface area (Å²) < 4.78 is 0. The highest BCUT2D eigenvalue weighted by molar-refractivity contribution is 5.78. The van der Waals surface area contributed by atoms with Crippen LogP contribution in [0.25, 0.3) is 0 Å². The minimum absolute atomic E-state index is 0.0345. The molecule has 3 N–H and O–H groups in total. The summed E-state index contributed by atoms with van der Waals surface area (Å²) in [6, 6.07) is 0. The molecule has 0 aromatic rings. The largest absolute Gasteiger partial charge is 0.396 e. The summed E-state index contributed by atoms with van der Waals surface area (Å²) in [5.74, 6) is 0.0345. The molecule has 0 radical (unpaired) electrons. The van der Waals surface area contributed by atoms with Crippen molar-refractivity contribution in [1.82, 2.24) is 10.6 Å². The molecule has 0 aromatic carbocycles. The van der Waals surface area contributed by atoms with Gasteiger partial charge in [0.25, 0.3) is 0 Å². The van der Waals surface area contributed by atoms with Crippen LogP contribution in [-0.4, -0.2) is 36.2 Å². The molecule has 1 rings (SSSR count). The average Bonchev–Trinajstić information content (AvgIpc) is 2.82. The molecule has 1 aliphatic rings. The van der Waals surface area contributed by atoms with Gasteiger partial charge in [0.05, 0.1) is 6.54 Å². The van der Waals surface area contributed by atoms with Crippen LogP contribution in [0.2, 0.25) is 0 Å². The van der Waals surface area contributed by atoms with E-state index in [1.165, 1.54) is 12.8 Å². The van der Waals surface area contributed by atoms with Gasteiger partial charge in [-0.2, -0.15) is 0 Å². The van der Waals surface area contributed by atoms with Crippen LogP contribution in [-0.2, 0) is 4.79 Å². The Morgan fingerprint density at radius 1 is 1.38 bits per heavy atom. The van der Waals surface area contributed by atoms with Crippen LogP contribution in [0.3, 0.4) is 0 Å². The molecule has 1 amide bonds. The summed E-state index contributed by atoms with van der Waals surface area (Å²) in [6.07, 6.45) is 3.18. The number of rotatable bonds is 6. The molecule has 0 spiro atoms. The lowest BCUT2D eigenvalue weighted by Crippen LogP contribution is -2.45. The van der Waals surface area contributed by atoms with E-state index in [-0.39, 0.29) is 23.5 Å². The number of carbonyl (C=O) groups excluding carboxylic acids is 1. The van der Waals surface area contributed by atoms with E-state index in [2.05, 4.69) is 10.6 Å². The molecular weight excluding hydrogens is 204 g/mol. The first kappa shape index (κ1) is 13.5. The second-order valence-corrected chi connectivity index (χ2v) is 5.88. The molecule has 0 unspecified atom stereocenters. The zero-order valence-corrected chi connectivity index (χ0v) is 10.6. The SMILES string of the molecule is CC(C)(C)NC(=O)CNCC1(CCO)CC1. The average molecular weight is 228 g/mol. The van der Waals surface area contributed by atoms with E-state index in [1.807, 2.05) is 20.8 Å². The third-order valence-electron chi connectivity index (χ3n) is 2.90. The zero-order chi connectivity index (χ0) is 12.2. The fraction of sp³-hybridized carbons (Fsp3) is 0.917. The van der Waals surface area contributed by atoms with Gasteiger partial charge in [-0.3, -0.25) is 4.79 Å². The van der Waals surface area contributed by atoms with Gasteiger partial charge < -0.3 is 15.7 Å². The van der Waals surface area contributed by atoms with Crippen LogP contribution in [0.1, 0.15) is 40.0 Å². The Hall–Kier alpha value is -0.610. The molecule has 0 heterocycles. The van der Waals surface area contributed by atoms with E-state index in [4.69, 9.17) is 5.11 Å². The van der Waals surface area contributed by atoms with Crippen LogP contribution >= 0.6 is 0 Å². The summed E-state index contributed by atoms with van der Waals surface area (Å²) in [5.41, 5.74) is 0.109. The topological polar surface area (TPSA) is 61.4 Å². The second-order valence-electron chi connectivity index (χ2n) is 5.88. The fourth-order valence-corrected chi connectivity index (χ4v) is 1.83. The summed E-state index contributed by atoms with van der Waals surface area (Å²) >= 11 is 0. The van der Waals surface area contributed by atoms with Crippen molar-refractivity contribution in [1.29, 1.82) is 0 Å². The van der Waals surface area contributed by atoms with Crippen molar-refractivity contribution in [3.8, 4) is 0 Å². The lowest BCUT2D eigenvalue weighted by atomic mass is 10.0. The summed E-state index contributed by atoms with van der Waals surface area (Å²) in [4.78, 5) is 11.5. The third kappa shape index (κ3) is 4.94. The molecule has 16 heavy (non-hydrogen) atoms. The van der Waals surface area contributed by atoms with E-state index in [1.54, 1.807) is 0 Å². The maximum atomic E-state index is 11.5. The molecule has 0 aliphatic heterocycles. The number of aliphatic hydroxyl groups is 1. The third-order valence-corrected chi connectivity index (χ3v) is 2.90. The Morgan fingerprint density at radius 3 is 2.44 bits per heavy atom. The maximum Gasteiger partial charge on any atom is 0.234 e. The van der Waals surface area contributed by atoms with Crippen LogP contribution in [0.5, 0.6) is 0 Å². The number of hydrogen-bond acceptors (Lipinski definition) is 3. The van der Waals surface area contributed by atoms with Gasteiger partial charge in [0.2, 0.25) is 5.91 Å². The standard InChI is InChI=1S/C12H24N2O2/c1-11(2,3)14-10(16)8-13-9-12(4-5-12)6-7-15/h13,15H,4-9H2,1-3H3,(H,14,16). The minimum Gasteiger partial charge on any atom is -0.396 e. The first-order valence-electron chi connectivity index (χ1n) is 6.00. The quantitative estimate of drug-likeness (QED) is 0.625. The summed E-state index contributed by atoms with van der Waals surface area (Å²) in [5, 5.41) is 15.0. The number of carbonyl (C=O) groups is 1. The molecule has 94 valence electrons. The molecule has 1 aliphatic carbocycles. The maximum absolute atomic E-state index is 11.5. The first-order valence-corrected chi connectivity index (χ1v) is 6.00. The van der Waals surface area contributed by atoms with E-state index >= 15 is 0 Å². The zero-order valence-electron chi connectivity index (χ0n) is 10.6. The molecular formula is C12H24N2O2. The number of nitrogens with one attached hydrogen (secondary N) is 2. The Labute approximate surface area is 97.8 Å². The van der Waals surface area contributed by atoms with E-state index in [9.17, 15) is 4.79 Å². The number of amides is 1. The Morgan fingerprint density at radius 2 is 2.00 bits per heavy atom. The highest BCUT2D eigenvalue weighted by Crippen LogP contribution is 2.47. The predicted octanol–water partition coefficient (Wildman–Crippen LogP) is 0.653. The summed E-state index contributed by atoms with van der Waals surface area (Å²) in [7, 11) is 0. The monoisotopic (exact) mass is 228 g/mol. The van der Waals surface area contributed by atoms with Crippen molar-refractivity contribution in [3.05, 3.63) is 0 Å². The first-order chi connectivity index (χ1) is 7.37. The lowest BCUT2D eigenvalue weighted by molar-refractivity contribution is -0.121. The normalized spacial score (nSPS) is 18.2. The van der Waals surface area contributed by atoms with Gasteiger partial charge >= 0.3 is 0 Å². The molecule has 1 fully saturated rings. The minimum atomic E-state index is -0.166. The van der Waals surface area contributed by atoms with Crippen molar-refractivity contribution in [2.75, 3.05) is 19.7 Å². The number of aliphatic hydroxyl groups excluding tert-OH is 1. The van der Waals surface area contributed by atoms with Crippen molar-refractivity contribution in [2.45, 2.75) is 45.6 Å². The highest BCUT2D eigenvalue weighted by Gasteiger charge is 2.41. The molecule has 4 nitrogen and oxygen atoms in total. The highest BCUT2D eigenvalue weighted by atomic mass is 16.3. The molecule has 0 aromatic heterocycles. The van der Waals surface area contributed by atoms with E-state index < -0.39 is 0 Å². The van der Waals surface area contributed by atoms with Gasteiger partial charge in [-0.1, -0.05) is 0 Å². The van der Waals surface area contributed by atoms with Crippen LogP contribution < -0.4 is 10.6 Å². The van der Waals surface area contributed by atoms with Crippen molar-refractivity contribution >= 4 is 5.91 Å². The van der Waals surface area contributed by atoms with Gasteiger partial charge in [-0.05, 0) is 45.4 Å². The second kappa shape index (κ2) is 5.15. The van der Waals surface area contributed by atoms with Gasteiger partial charge in [0.15, 0.2) is 0 Å². The van der Waals surface area contributed by atoms with Gasteiger partial charge in [0.1, 0.15) is 0 Å². The molecule has 0 atom stereocenters. The van der Waals surface area contributed by atoms with Crippen LogP contribution in [0.4, 0.5) is 0 Å². The Kier molecular flexibility index (Phi) is 4.33. The van der Waals surface area contributed by atoms with Crippen LogP contribution in [0, 0.1) is 5.41 Å². The van der Waals surface area contributed by atoms with Crippen molar-refractivity contribution in [2.24, 2.45) is 5.41 Å². The van der Waals surface area contributed by atoms with Crippen molar-refractivity contribution < 1.29 is 9.90 Å². The van der Waals surface area contributed by atoms with Crippen LogP contribution in [0.15, 0.2) is 0 Å². The number of hydrogen-bond donors (Lipinski definition) is 3. The molecule has 1 saturated carbocycles. The molecule has 0 saturated heterocycles. The van der Waals surface area contributed by atoms with Gasteiger partial charge in [0, 0.05) is 18.7 Å². The van der Waals surface area contributed by atoms with E-state index in [0.717, 1.165) is 13.0 Å². The Bertz CT molecular complexity index is 242.